The van der Waals surface area contributed by atoms with Crippen LogP contribution in [0.2, 0.25) is 0 Å². The van der Waals surface area contributed by atoms with E-state index in [0.29, 0.717) is 39.8 Å². The predicted octanol–water partition coefficient (Wildman–Crippen LogP) is 3.54. The molecule has 0 unspecified atom stereocenters. The molecule has 34 heavy (non-hydrogen) atoms. The van der Waals surface area contributed by atoms with Gasteiger partial charge in [0.2, 0.25) is 5.91 Å². The maximum absolute atomic E-state index is 13.9. The van der Waals surface area contributed by atoms with Crippen LogP contribution in [0.4, 0.5) is 9.52 Å². The minimum absolute atomic E-state index is 0.1000. The number of aromatic nitrogens is 3. The molecule has 0 aliphatic heterocycles. The summed E-state index contributed by atoms with van der Waals surface area (Å²) >= 11 is 1.30. The van der Waals surface area contributed by atoms with Crippen LogP contribution in [0.25, 0.3) is 21.6 Å². The quantitative estimate of drug-likeness (QED) is 0.398. The zero-order valence-corrected chi connectivity index (χ0v) is 19.5. The molecule has 0 saturated heterocycles. The first-order valence-electron chi connectivity index (χ1n) is 10.7. The van der Waals surface area contributed by atoms with Crippen molar-refractivity contribution >= 4 is 32.6 Å². The molecule has 0 atom stereocenters. The summed E-state index contributed by atoms with van der Waals surface area (Å²) in [5, 5.41) is 12.5. The maximum atomic E-state index is 13.9. The van der Waals surface area contributed by atoms with Crippen molar-refractivity contribution in [2.75, 3.05) is 18.5 Å². The topological polar surface area (TPSA) is 106 Å². The molecule has 0 saturated carbocycles. The second-order valence-corrected chi connectivity index (χ2v) is 8.54. The highest BCUT2D eigenvalue weighted by molar-refractivity contribution is 7.22. The molecular weight excluding hydrogens is 459 g/mol. The summed E-state index contributed by atoms with van der Waals surface area (Å²) < 4.78 is 21.4. The number of nitrogens with one attached hydrogen (secondary N) is 1. The number of amides is 1. The third-order valence-electron chi connectivity index (χ3n) is 5.13. The van der Waals surface area contributed by atoms with E-state index in [9.17, 15) is 19.1 Å². The van der Waals surface area contributed by atoms with Gasteiger partial charge in [0.15, 0.2) is 5.13 Å². The number of thiazole rings is 1. The number of carbonyl (C=O) groups excluding carboxylic acids is 1. The number of aliphatic hydroxyl groups is 1. The highest BCUT2D eigenvalue weighted by Crippen LogP contribution is 2.29. The Bertz CT molecular complexity index is 1420. The first-order chi connectivity index (χ1) is 16.4. The summed E-state index contributed by atoms with van der Waals surface area (Å²) in [6.45, 7) is 3.49. The number of anilines is 1. The fraction of sp³-hybridized carbons (Fsp3) is 0.250. The van der Waals surface area contributed by atoms with Crippen molar-refractivity contribution < 1.29 is 19.0 Å². The Balaban J connectivity index is 1.67. The molecule has 4 rings (SSSR count). The van der Waals surface area contributed by atoms with Crippen molar-refractivity contribution in [2.45, 2.75) is 26.8 Å². The number of ether oxygens (including phenoxy) is 1. The number of benzene rings is 2. The van der Waals surface area contributed by atoms with Gasteiger partial charge in [0.05, 0.1) is 16.8 Å². The Morgan fingerprint density at radius 3 is 2.79 bits per heavy atom. The molecule has 0 aliphatic carbocycles. The lowest BCUT2D eigenvalue weighted by molar-refractivity contribution is -0.116. The molecule has 0 bridgehead atoms. The third-order valence-corrected chi connectivity index (χ3v) is 6.08. The molecule has 10 heteroatoms. The van der Waals surface area contributed by atoms with E-state index in [4.69, 9.17) is 4.74 Å². The molecule has 2 N–H and O–H groups in total. The average molecular weight is 483 g/mol. The molecular formula is C24H23FN4O4S. The molecule has 4 aromatic rings. The number of hydrogen-bond acceptors (Lipinski definition) is 7. The zero-order chi connectivity index (χ0) is 24.2. The van der Waals surface area contributed by atoms with Crippen LogP contribution >= 0.6 is 11.3 Å². The summed E-state index contributed by atoms with van der Waals surface area (Å²) in [6, 6.07) is 11.2. The van der Waals surface area contributed by atoms with Gasteiger partial charge in [-0.05, 0) is 38.1 Å². The van der Waals surface area contributed by atoms with Crippen LogP contribution in [-0.4, -0.2) is 38.8 Å². The van der Waals surface area contributed by atoms with Gasteiger partial charge in [-0.1, -0.05) is 23.5 Å². The van der Waals surface area contributed by atoms with Gasteiger partial charge in [-0.3, -0.25) is 14.2 Å². The van der Waals surface area contributed by atoms with Crippen LogP contribution in [0.15, 0.2) is 47.3 Å². The van der Waals surface area contributed by atoms with Crippen molar-refractivity contribution in [1.82, 2.24) is 14.5 Å². The standard InChI is InChI=1S/C24H23FN4O4S/c1-3-33-17-7-8-20-19(12-17)27-24(34-20)28-21(31)13-29-22(15-5-4-6-16(25)11-15)26-14(2)18(9-10-30)23(29)32/h4-8,11-12,30H,3,9-10,13H2,1-2H3,(H,27,28,31). The second-order valence-electron chi connectivity index (χ2n) is 7.50. The Kier molecular flexibility index (Phi) is 6.99. The number of aliphatic hydroxyl groups excluding tert-OH is 1. The van der Waals surface area contributed by atoms with E-state index in [1.807, 2.05) is 19.1 Å². The molecule has 8 nitrogen and oxygen atoms in total. The fourth-order valence-corrected chi connectivity index (χ4v) is 4.48. The molecule has 2 aromatic heterocycles. The number of aryl methyl sites for hydroxylation is 1. The second kappa shape index (κ2) is 10.1. The van der Waals surface area contributed by atoms with Gasteiger partial charge in [0.1, 0.15) is 23.9 Å². The van der Waals surface area contributed by atoms with Crippen molar-refractivity contribution in [1.29, 1.82) is 0 Å². The van der Waals surface area contributed by atoms with E-state index in [1.165, 1.54) is 34.1 Å². The summed E-state index contributed by atoms with van der Waals surface area (Å²) in [6.07, 6.45) is 0.1000. The summed E-state index contributed by atoms with van der Waals surface area (Å²) in [5.74, 6) is -0.110. The van der Waals surface area contributed by atoms with Gasteiger partial charge in [-0.15, -0.1) is 0 Å². The van der Waals surface area contributed by atoms with E-state index < -0.39 is 17.3 Å². The number of hydrogen-bond donors (Lipinski definition) is 2. The minimum Gasteiger partial charge on any atom is -0.494 e. The lowest BCUT2D eigenvalue weighted by Crippen LogP contribution is -2.33. The Labute approximate surface area is 198 Å². The average Bonchev–Trinajstić information content (AvgIpc) is 3.20. The van der Waals surface area contributed by atoms with Gasteiger partial charge in [-0.2, -0.15) is 0 Å². The van der Waals surface area contributed by atoms with E-state index in [2.05, 4.69) is 15.3 Å². The Morgan fingerprint density at radius 2 is 2.06 bits per heavy atom. The molecule has 0 aliphatic rings. The minimum atomic E-state index is -0.485. The smallest absolute Gasteiger partial charge is 0.257 e. The van der Waals surface area contributed by atoms with E-state index >= 15 is 0 Å². The molecule has 1 amide bonds. The lowest BCUT2D eigenvalue weighted by atomic mass is 10.1. The van der Waals surface area contributed by atoms with Crippen LogP contribution in [0.3, 0.4) is 0 Å². The first kappa shape index (κ1) is 23.5. The van der Waals surface area contributed by atoms with Crippen LogP contribution < -0.4 is 15.6 Å². The summed E-state index contributed by atoms with van der Waals surface area (Å²) in [7, 11) is 0. The van der Waals surface area contributed by atoms with Gasteiger partial charge in [-0.25, -0.2) is 14.4 Å². The highest BCUT2D eigenvalue weighted by atomic mass is 32.1. The number of rotatable bonds is 8. The normalized spacial score (nSPS) is 11.1. The highest BCUT2D eigenvalue weighted by Gasteiger charge is 2.19. The van der Waals surface area contributed by atoms with Crippen LogP contribution in [0.5, 0.6) is 5.75 Å². The predicted molar refractivity (Wildman–Crippen MR) is 129 cm³/mol. The summed E-state index contributed by atoms with van der Waals surface area (Å²) in [4.78, 5) is 35.0. The molecule has 0 fully saturated rings. The van der Waals surface area contributed by atoms with E-state index in [1.54, 1.807) is 19.1 Å². The SMILES string of the molecule is CCOc1ccc2sc(NC(=O)Cn3c(-c4cccc(F)c4)nc(C)c(CCO)c3=O)nc2c1. The largest absolute Gasteiger partial charge is 0.494 e. The Hall–Kier alpha value is -3.63. The first-order valence-corrected chi connectivity index (χ1v) is 11.5. The van der Waals surface area contributed by atoms with Crippen LogP contribution in [-0.2, 0) is 17.8 Å². The monoisotopic (exact) mass is 482 g/mol. The van der Waals surface area contributed by atoms with Crippen molar-refractivity contribution in [3.63, 3.8) is 0 Å². The number of fused-ring (bicyclic) bond motifs is 1. The number of carbonyl (C=O) groups is 1. The molecule has 2 heterocycles. The number of halogens is 1. The van der Waals surface area contributed by atoms with Crippen molar-refractivity contribution in [3.8, 4) is 17.1 Å². The van der Waals surface area contributed by atoms with E-state index in [-0.39, 0.29) is 25.4 Å². The van der Waals surface area contributed by atoms with Gasteiger partial charge >= 0.3 is 0 Å². The van der Waals surface area contributed by atoms with Gasteiger partial charge in [0.25, 0.3) is 5.56 Å². The summed E-state index contributed by atoms with van der Waals surface area (Å²) in [5.41, 5.74) is 1.32. The van der Waals surface area contributed by atoms with Crippen LogP contribution in [0.1, 0.15) is 18.2 Å². The number of nitrogens with zero attached hydrogens (tertiary/aromatic N) is 3. The lowest BCUT2D eigenvalue weighted by Gasteiger charge is -2.15. The van der Waals surface area contributed by atoms with Crippen molar-refractivity contribution in [2.24, 2.45) is 0 Å². The van der Waals surface area contributed by atoms with E-state index in [0.717, 1.165) is 4.70 Å². The molecule has 0 radical (unpaired) electrons. The van der Waals surface area contributed by atoms with Crippen molar-refractivity contribution in [3.05, 3.63) is 69.9 Å². The molecule has 2 aromatic carbocycles. The zero-order valence-electron chi connectivity index (χ0n) is 18.7. The fourth-order valence-electron chi connectivity index (χ4n) is 3.61. The molecule has 0 spiro atoms. The Morgan fingerprint density at radius 1 is 1.24 bits per heavy atom. The van der Waals surface area contributed by atoms with Crippen LogP contribution in [0, 0.1) is 12.7 Å². The maximum Gasteiger partial charge on any atom is 0.257 e. The third kappa shape index (κ3) is 4.97. The van der Waals surface area contributed by atoms with Gasteiger partial charge in [0, 0.05) is 35.9 Å². The van der Waals surface area contributed by atoms with Gasteiger partial charge < -0.3 is 15.2 Å². The molecule has 176 valence electrons.